The average molecular weight is 565 g/mol. The summed E-state index contributed by atoms with van der Waals surface area (Å²) in [7, 11) is 0. The quantitative estimate of drug-likeness (QED) is 0.204. The second-order valence-electron chi connectivity index (χ2n) is 10.9. The van der Waals surface area contributed by atoms with E-state index in [1.54, 1.807) is 12.1 Å². The van der Waals surface area contributed by atoms with Gasteiger partial charge in [-0.2, -0.15) is 0 Å². The van der Waals surface area contributed by atoms with Crippen molar-refractivity contribution in [1.82, 2.24) is 4.90 Å². The molecule has 0 unspecified atom stereocenters. The van der Waals surface area contributed by atoms with E-state index in [0.717, 1.165) is 18.8 Å². The maximum absolute atomic E-state index is 13.4. The third-order valence-electron chi connectivity index (χ3n) is 8.06. The number of hydrogen-bond acceptors (Lipinski definition) is 3. The number of carbonyl (C=O) groups excluding carboxylic acids is 1. The van der Waals surface area contributed by atoms with Gasteiger partial charge in [0.05, 0.1) is 0 Å². The summed E-state index contributed by atoms with van der Waals surface area (Å²) in [6.45, 7) is 6.55. The fraction of sp³-hybridized carbons (Fsp3) is 0.0789. The average Bonchev–Trinajstić information content (AvgIpc) is 3.18. The molecule has 0 spiro atoms. The monoisotopic (exact) mass is 564 g/mol. The molecular formula is C38H29ClN2O. The molecular weight excluding hydrogens is 536 g/mol. The maximum atomic E-state index is 13.4. The van der Waals surface area contributed by atoms with E-state index < -0.39 is 0 Å². The highest BCUT2D eigenvalue weighted by Crippen LogP contribution is 2.42. The molecule has 3 nitrogen and oxygen atoms in total. The lowest BCUT2D eigenvalue weighted by atomic mass is 9.88. The number of fused-ring (bicyclic) bond motifs is 7. The molecule has 6 aromatic carbocycles. The van der Waals surface area contributed by atoms with E-state index in [-0.39, 0.29) is 5.78 Å². The standard InChI is InChI=1S/C38H29ClN2O/c1-25(40-35-20-19-31(39)21-34(35)38(42)28-11-3-2-4-12-28)22-41-23-29-17-15-26-9-5-7-13-32(26)36(29)37-30(24-41)18-16-27-10-6-8-14-33(27)37/h2-21,40H,1,22-24H2. The molecule has 1 heterocycles. The number of benzene rings is 6. The minimum atomic E-state index is -0.0789. The Morgan fingerprint density at radius 3 is 1.90 bits per heavy atom. The van der Waals surface area contributed by atoms with Crippen LogP contribution in [0.4, 0.5) is 5.69 Å². The summed E-state index contributed by atoms with van der Waals surface area (Å²) in [6, 6.07) is 41.0. The van der Waals surface area contributed by atoms with Crippen LogP contribution in [0.15, 0.2) is 134 Å². The number of nitrogens with one attached hydrogen (secondary N) is 1. The third kappa shape index (κ3) is 4.87. The molecule has 1 aliphatic heterocycles. The number of anilines is 1. The highest BCUT2D eigenvalue weighted by Gasteiger charge is 2.24. The Bertz CT molecular complexity index is 1910. The predicted octanol–water partition coefficient (Wildman–Crippen LogP) is 9.49. The van der Waals surface area contributed by atoms with Crippen molar-refractivity contribution in [3.8, 4) is 11.1 Å². The number of hydrogen-bond donors (Lipinski definition) is 1. The molecule has 0 radical (unpaired) electrons. The van der Waals surface area contributed by atoms with E-state index in [1.165, 1.54) is 43.8 Å². The lowest BCUT2D eigenvalue weighted by molar-refractivity contribution is 0.103. The minimum Gasteiger partial charge on any atom is -0.358 e. The highest BCUT2D eigenvalue weighted by atomic mass is 35.5. The molecule has 0 saturated heterocycles. The van der Waals surface area contributed by atoms with Gasteiger partial charge in [0, 0.05) is 47.2 Å². The molecule has 4 heteroatoms. The molecule has 0 saturated carbocycles. The van der Waals surface area contributed by atoms with Crippen LogP contribution in [0.1, 0.15) is 27.0 Å². The van der Waals surface area contributed by atoms with Crippen LogP contribution >= 0.6 is 11.6 Å². The first kappa shape index (κ1) is 26.2. The summed E-state index contributed by atoms with van der Waals surface area (Å²) in [5.41, 5.74) is 7.87. The predicted molar refractivity (Wildman–Crippen MR) is 175 cm³/mol. The van der Waals surface area contributed by atoms with Gasteiger partial charge < -0.3 is 5.32 Å². The van der Waals surface area contributed by atoms with Crippen molar-refractivity contribution < 1.29 is 4.79 Å². The van der Waals surface area contributed by atoms with Crippen molar-refractivity contribution in [3.05, 3.63) is 161 Å². The van der Waals surface area contributed by atoms with E-state index in [2.05, 4.69) is 89.6 Å². The molecule has 0 bridgehead atoms. The van der Waals surface area contributed by atoms with Crippen molar-refractivity contribution in [2.24, 2.45) is 0 Å². The van der Waals surface area contributed by atoms with Crippen molar-refractivity contribution in [2.75, 3.05) is 11.9 Å². The molecule has 0 aliphatic carbocycles. The lowest BCUT2D eigenvalue weighted by Crippen LogP contribution is -2.26. The Kier molecular flexibility index (Phi) is 6.83. The molecule has 0 atom stereocenters. The summed E-state index contributed by atoms with van der Waals surface area (Å²) in [5, 5.41) is 9.00. The molecule has 1 aliphatic rings. The number of rotatable bonds is 6. The molecule has 1 N–H and O–H groups in total. The minimum absolute atomic E-state index is 0.0789. The van der Waals surface area contributed by atoms with Gasteiger partial charge in [-0.05, 0) is 62.0 Å². The zero-order chi connectivity index (χ0) is 28.6. The largest absolute Gasteiger partial charge is 0.358 e. The van der Waals surface area contributed by atoms with E-state index in [1.807, 2.05) is 36.4 Å². The fourth-order valence-corrected chi connectivity index (χ4v) is 6.37. The molecule has 6 aromatic rings. The van der Waals surface area contributed by atoms with Gasteiger partial charge in [0.25, 0.3) is 0 Å². The molecule has 204 valence electrons. The van der Waals surface area contributed by atoms with E-state index in [0.29, 0.717) is 28.4 Å². The van der Waals surface area contributed by atoms with Crippen LogP contribution in [-0.4, -0.2) is 17.2 Å². The smallest absolute Gasteiger partial charge is 0.195 e. The lowest BCUT2D eigenvalue weighted by Gasteiger charge is -2.23. The number of carbonyl (C=O) groups is 1. The maximum Gasteiger partial charge on any atom is 0.195 e. The summed E-state index contributed by atoms with van der Waals surface area (Å²) in [5.74, 6) is -0.0789. The van der Waals surface area contributed by atoms with Crippen molar-refractivity contribution in [2.45, 2.75) is 13.1 Å². The van der Waals surface area contributed by atoms with Crippen molar-refractivity contribution >= 4 is 44.6 Å². The number of ketones is 1. The van der Waals surface area contributed by atoms with E-state index in [9.17, 15) is 4.79 Å². The zero-order valence-electron chi connectivity index (χ0n) is 23.1. The first-order valence-corrected chi connectivity index (χ1v) is 14.5. The van der Waals surface area contributed by atoms with Crippen molar-refractivity contribution in [3.63, 3.8) is 0 Å². The number of nitrogens with zero attached hydrogens (tertiary/aromatic N) is 1. The van der Waals surface area contributed by atoms with Gasteiger partial charge in [0.15, 0.2) is 5.78 Å². The molecule has 0 aromatic heterocycles. The first-order chi connectivity index (χ1) is 20.5. The molecule has 0 amide bonds. The van der Waals surface area contributed by atoms with Gasteiger partial charge in [-0.1, -0.05) is 121 Å². The topological polar surface area (TPSA) is 32.3 Å². The zero-order valence-corrected chi connectivity index (χ0v) is 23.9. The summed E-state index contributed by atoms with van der Waals surface area (Å²) in [6.07, 6.45) is 0. The third-order valence-corrected chi connectivity index (χ3v) is 8.29. The summed E-state index contributed by atoms with van der Waals surface area (Å²) in [4.78, 5) is 15.8. The summed E-state index contributed by atoms with van der Waals surface area (Å²) >= 11 is 6.33. The van der Waals surface area contributed by atoms with Gasteiger partial charge >= 0.3 is 0 Å². The van der Waals surface area contributed by atoms with Crippen molar-refractivity contribution in [1.29, 1.82) is 0 Å². The second kappa shape index (κ2) is 10.9. The SMILES string of the molecule is C=C(CN1Cc2ccc3ccccc3c2-c2c(ccc3ccccc23)C1)Nc1ccc(Cl)cc1C(=O)c1ccccc1. The van der Waals surface area contributed by atoms with Gasteiger partial charge in [0.2, 0.25) is 0 Å². The Hall–Kier alpha value is -4.70. The Labute approximate surface area is 250 Å². The second-order valence-corrected chi connectivity index (χ2v) is 11.3. The van der Waals surface area contributed by atoms with Gasteiger partial charge in [-0.15, -0.1) is 0 Å². The van der Waals surface area contributed by atoms with Crippen LogP contribution in [0, 0.1) is 0 Å². The van der Waals surface area contributed by atoms with Crippen LogP contribution in [0.5, 0.6) is 0 Å². The molecule has 0 fully saturated rings. The van der Waals surface area contributed by atoms with E-state index >= 15 is 0 Å². The van der Waals surface area contributed by atoms with Crippen LogP contribution in [0.3, 0.4) is 0 Å². The number of halogens is 1. The van der Waals surface area contributed by atoms with E-state index in [4.69, 9.17) is 11.6 Å². The van der Waals surface area contributed by atoms with Crippen LogP contribution in [-0.2, 0) is 13.1 Å². The van der Waals surface area contributed by atoms with Crippen LogP contribution in [0.25, 0.3) is 32.7 Å². The fourth-order valence-electron chi connectivity index (χ4n) is 6.20. The van der Waals surface area contributed by atoms with Crippen LogP contribution < -0.4 is 5.32 Å². The normalized spacial score (nSPS) is 12.9. The van der Waals surface area contributed by atoms with Gasteiger partial charge in [-0.3, -0.25) is 9.69 Å². The first-order valence-electron chi connectivity index (χ1n) is 14.1. The van der Waals surface area contributed by atoms with Crippen LogP contribution in [0.2, 0.25) is 5.02 Å². The Balaban J connectivity index is 1.24. The highest BCUT2D eigenvalue weighted by molar-refractivity contribution is 6.31. The molecule has 7 rings (SSSR count). The van der Waals surface area contributed by atoms with Gasteiger partial charge in [-0.25, -0.2) is 0 Å². The summed E-state index contributed by atoms with van der Waals surface area (Å²) < 4.78 is 0. The molecule has 42 heavy (non-hydrogen) atoms. The van der Waals surface area contributed by atoms with Gasteiger partial charge in [0.1, 0.15) is 0 Å². The Morgan fingerprint density at radius 1 is 0.714 bits per heavy atom. The Morgan fingerprint density at radius 2 is 1.29 bits per heavy atom.